The van der Waals surface area contributed by atoms with Crippen LogP contribution in [-0.2, 0) is 12.3 Å². The Kier molecular flexibility index (Phi) is 6.43. The van der Waals surface area contributed by atoms with E-state index in [2.05, 4.69) is 52.4 Å². The van der Waals surface area contributed by atoms with Crippen LogP contribution in [0, 0.1) is 0 Å². The molecule has 1 nitrogen and oxygen atoms in total. The van der Waals surface area contributed by atoms with Crippen LogP contribution in [0.2, 0.25) is 5.02 Å². The van der Waals surface area contributed by atoms with Gasteiger partial charge in [0.25, 0.3) is 0 Å². The highest BCUT2D eigenvalue weighted by atomic mass is 79.9. The van der Waals surface area contributed by atoms with Crippen molar-refractivity contribution in [3.8, 4) is 0 Å². The first kappa shape index (κ1) is 15.9. The van der Waals surface area contributed by atoms with E-state index in [9.17, 15) is 0 Å². The smallest absolute Gasteiger partial charge is 0.0446 e. The molecule has 0 saturated heterocycles. The first-order chi connectivity index (χ1) is 9.70. The van der Waals surface area contributed by atoms with Crippen LogP contribution in [0.25, 0.3) is 0 Å². The van der Waals surface area contributed by atoms with Crippen LogP contribution >= 0.6 is 39.3 Å². The summed E-state index contributed by atoms with van der Waals surface area (Å²) in [6.45, 7) is 3.98. The molecule has 0 fully saturated rings. The van der Waals surface area contributed by atoms with Gasteiger partial charge in [-0.25, -0.2) is 0 Å². The van der Waals surface area contributed by atoms with E-state index in [4.69, 9.17) is 11.6 Å². The van der Waals surface area contributed by atoms with Crippen molar-refractivity contribution in [2.45, 2.75) is 24.1 Å². The normalized spacial score (nSPS) is 10.8. The molecular formula is C16H17BrClNS. The summed E-state index contributed by atoms with van der Waals surface area (Å²) in [6, 6.07) is 14.5. The van der Waals surface area contributed by atoms with Gasteiger partial charge in [-0.1, -0.05) is 52.7 Å². The standard InChI is InChI=1S/C16H17BrClNS/c1-2-19-10-13-9-14(17)7-8-16(13)20-11-12-5-3-4-6-15(12)18/h3-9,19H,2,10-11H2,1H3. The number of hydrogen-bond donors (Lipinski definition) is 1. The maximum atomic E-state index is 6.21. The molecule has 0 aliphatic carbocycles. The molecule has 0 saturated carbocycles. The van der Waals surface area contributed by atoms with E-state index in [0.717, 1.165) is 28.3 Å². The van der Waals surface area contributed by atoms with Gasteiger partial charge < -0.3 is 5.32 Å². The third kappa shape index (κ3) is 4.52. The molecule has 0 spiro atoms. The second-order valence-corrected chi connectivity index (χ2v) is 6.75. The van der Waals surface area contributed by atoms with Crippen LogP contribution in [-0.4, -0.2) is 6.54 Å². The second-order valence-electron chi connectivity index (χ2n) is 4.41. The molecule has 4 heteroatoms. The van der Waals surface area contributed by atoms with Crippen LogP contribution in [0.5, 0.6) is 0 Å². The van der Waals surface area contributed by atoms with Crippen molar-refractivity contribution >= 4 is 39.3 Å². The SMILES string of the molecule is CCNCc1cc(Br)ccc1SCc1ccccc1Cl. The maximum Gasteiger partial charge on any atom is 0.0446 e. The minimum absolute atomic E-state index is 0.838. The Bertz CT molecular complexity index is 574. The van der Waals surface area contributed by atoms with E-state index in [0.29, 0.717) is 0 Å². The number of benzene rings is 2. The van der Waals surface area contributed by atoms with E-state index in [1.807, 2.05) is 30.0 Å². The van der Waals surface area contributed by atoms with Crippen molar-refractivity contribution < 1.29 is 0 Å². The van der Waals surface area contributed by atoms with Gasteiger partial charge in [0.2, 0.25) is 0 Å². The molecule has 2 aromatic carbocycles. The van der Waals surface area contributed by atoms with E-state index in [1.54, 1.807) is 0 Å². The van der Waals surface area contributed by atoms with Crippen molar-refractivity contribution in [1.82, 2.24) is 5.32 Å². The Hall–Kier alpha value is -0.480. The second kappa shape index (κ2) is 8.08. The molecule has 0 atom stereocenters. The fraction of sp³-hybridized carbons (Fsp3) is 0.250. The molecule has 0 aromatic heterocycles. The Morgan fingerprint density at radius 3 is 2.70 bits per heavy atom. The van der Waals surface area contributed by atoms with E-state index in [-0.39, 0.29) is 0 Å². The third-order valence-electron chi connectivity index (χ3n) is 2.93. The highest BCUT2D eigenvalue weighted by molar-refractivity contribution is 9.10. The van der Waals surface area contributed by atoms with Crippen molar-refractivity contribution in [3.63, 3.8) is 0 Å². The molecule has 2 rings (SSSR count). The fourth-order valence-electron chi connectivity index (χ4n) is 1.86. The lowest BCUT2D eigenvalue weighted by Crippen LogP contribution is -2.12. The number of thioether (sulfide) groups is 1. The number of nitrogens with one attached hydrogen (secondary N) is 1. The van der Waals surface area contributed by atoms with Gasteiger partial charge in [0, 0.05) is 26.7 Å². The van der Waals surface area contributed by atoms with Crippen LogP contribution in [0.3, 0.4) is 0 Å². The first-order valence-corrected chi connectivity index (χ1v) is 8.71. The topological polar surface area (TPSA) is 12.0 Å². The van der Waals surface area contributed by atoms with Crippen molar-refractivity contribution in [1.29, 1.82) is 0 Å². The monoisotopic (exact) mass is 369 g/mol. The number of halogens is 2. The average Bonchev–Trinajstić information content (AvgIpc) is 2.45. The van der Waals surface area contributed by atoms with Gasteiger partial charge in [0.15, 0.2) is 0 Å². The zero-order valence-corrected chi connectivity index (χ0v) is 14.5. The highest BCUT2D eigenvalue weighted by Gasteiger charge is 2.06. The molecule has 0 unspecified atom stereocenters. The Balaban J connectivity index is 2.10. The van der Waals surface area contributed by atoms with Crippen LogP contribution in [0.1, 0.15) is 18.1 Å². The number of hydrogen-bond acceptors (Lipinski definition) is 2. The lowest BCUT2D eigenvalue weighted by molar-refractivity contribution is 0.717. The average molecular weight is 371 g/mol. The predicted molar refractivity (Wildman–Crippen MR) is 92.5 cm³/mol. The summed E-state index contributed by atoms with van der Waals surface area (Å²) in [7, 11) is 0. The van der Waals surface area contributed by atoms with Crippen molar-refractivity contribution in [3.05, 3.63) is 63.1 Å². The summed E-state index contributed by atoms with van der Waals surface area (Å²) in [4.78, 5) is 1.30. The molecule has 0 bridgehead atoms. The Labute approximate surface area is 138 Å². The molecule has 0 aliphatic rings. The zero-order chi connectivity index (χ0) is 14.4. The van der Waals surface area contributed by atoms with Gasteiger partial charge in [0.1, 0.15) is 0 Å². The summed E-state index contributed by atoms with van der Waals surface area (Å²) in [5.41, 5.74) is 2.50. The van der Waals surface area contributed by atoms with Gasteiger partial charge in [-0.15, -0.1) is 11.8 Å². The van der Waals surface area contributed by atoms with E-state index >= 15 is 0 Å². The van der Waals surface area contributed by atoms with E-state index < -0.39 is 0 Å². The molecule has 2 aromatic rings. The molecule has 0 radical (unpaired) electrons. The van der Waals surface area contributed by atoms with Gasteiger partial charge in [-0.3, -0.25) is 0 Å². The summed E-state index contributed by atoms with van der Waals surface area (Å²) >= 11 is 11.6. The van der Waals surface area contributed by atoms with Gasteiger partial charge in [-0.05, 0) is 41.9 Å². The van der Waals surface area contributed by atoms with Crippen LogP contribution < -0.4 is 5.32 Å². The molecule has 0 amide bonds. The minimum Gasteiger partial charge on any atom is -0.313 e. The minimum atomic E-state index is 0.838. The van der Waals surface area contributed by atoms with Crippen molar-refractivity contribution in [2.24, 2.45) is 0 Å². The lowest BCUT2D eigenvalue weighted by Gasteiger charge is -2.11. The van der Waals surface area contributed by atoms with Gasteiger partial charge in [0.05, 0.1) is 0 Å². The highest BCUT2D eigenvalue weighted by Crippen LogP contribution is 2.30. The summed E-state index contributed by atoms with van der Waals surface area (Å²) in [5, 5.41) is 4.22. The van der Waals surface area contributed by atoms with Gasteiger partial charge in [-0.2, -0.15) is 0 Å². The maximum absolute atomic E-state index is 6.21. The van der Waals surface area contributed by atoms with E-state index in [1.165, 1.54) is 16.0 Å². The van der Waals surface area contributed by atoms with Crippen molar-refractivity contribution in [2.75, 3.05) is 6.54 Å². The predicted octanol–water partition coefficient (Wildman–Crippen LogP) is 5.50. The quantitative estimate of drug-likeness (QED) is 0.673. The molecule has 1 N–H and O–H groups in total. The lowest BCUT2D eigenvalue weighted by atomic mass is 10.2. The van der Waals surface area contributed by atoms with Crippen LogP contribution in [0.4, 0.5) is 0 Å². The molecule has 0 aliphatic heterocycles. The molecular weight excluding hydrogens is 354 g/mol. The summed E-state index contributed by atoms with van der Waals surface area (Å²) < 4.78 is 1.12. The summed E-state index contributed by atoms with van der Waals surface area (Å²) in [6.07, 6.45) is 0. The Morgan fingerprint density at radius 1 is 1.15 bits per heavy atom. The molecule has 20 heavy (non-hydrogen) atoms. The number of rotatable bonds is 6. The third-order valence-corrected chi connectivity index (χ3v) is 4.96. The largest absolute Gasteiger partial charge is 0.313 e. The molecule has 106 valence electrons. The molecule has 0 heterocycles. The Morgan fingerprint density at radius 2 is 1.95 bits per heavy atom. The zero-order valence-electron chi connectivity index (χ0n) is 11.3. The fourth-order valence-corrected chi connectivity index (χ4v) is 3.59. The summed E-state index contributed by atoms with van der Waals surface area (Å²) in [5.74, 6) is 0.889. The first-order valence-electron chi connectivity index (χ1n) is 6.56. The van der Waals surface area contributed by atoms with Gasteiger partial charge >= 0.3 is 0 Å². The van der Waals surface area contributed by atoms with Crippen LogP contribution in [0.15, 0.2) is 51.8 Å².